The van der Waals surface area contributed by atoms with E-state index in [2.05, 4.69) is 12.2 Å². The van der Waals surface area contributed by atoms with Crippen LogP contribution >= 0.6 is 11.6 Å². The monoisotopic (exact) mass is 252 g/mol. The molecule has 2 rings (SSSR count). The van der Waals surface area contributed by atoms with E-state index in [0.29, 0.717) is 5.02 Å². The van der Waals surface area contributed by atoms with Crippen LogP contribution in [0.25, 0.3) is 0 Å². The SMILES string of the molecule is CC1CCCC1(Nc1ccc(Cl)cc1)C(N)=O. The molecule has 1 aliphatic carbocycles. The summed E-state index contributed by atoms with van der Waals surface area (Å²) in [6, 6.07) is 7.35. The largest absolute Gasteiger partial charge is 0.371 e. The first-order chi connectivity index (χ1) is 8.04. The number of amides is 1. The normalized spacial score (nSPS) is 28.0. The van der Waals surface area contributed by atoms with Gasteiger partial charge in [0.25, 0.3) is 0 Å². The topological polar surface area (TPSA) is 55.1 Å². The van der Waals surface area contributed by atoms with E-state index in [0.717, 1.165) is 24.9 Å². The predicted molar refractivity (Wildman–Crippen MR) is 70.0 cm³/mol. The lowest BCUT2D eigenvalue weighted by Crippen LogP contribution is -2.52. The van der Waals surface area contributed by atoms with Gasteiger partial charge in [-0.1, -0.05) is 24.9 Å². The van der Waals surface area contributed by atoms with Gasteiger partial charge in [0.1, 0.15) is 5.54 Å². The van der Waals surface area contributed by atoms with Crippen LogP contribution < -0.4 is 11.1 Å². The third kappa shape index (κ3) is 2.25. The van der Waals surface area contributed by atoms with Crippen LogP contribution in [0.4, 0.5) is 5.69 Å². The molecule has 3 N–H and O–H groups in total. The summed E-state index contributed by atoms with van der Waals surface area (Å²) in [7, 11) is 0. The average Bonchev–Trinajstić information content (AvgIpc) is 2.65. The molecule has 0 aliphatic heterocycles. The van der Waals surface area contributed by atoms with Crippen LogP contribution in [0.1, 0.15) is 26.2 Å². The zero-order chi connectivity index (χ0) is 12.5. The van der Waals surface area contributed by atoms with Gasteiger partial charge in [0.2, 0.25) is 5.91 Å². The minimum absolute atomic E-state index is 0.260. The molecule has 1 aromatic rings. The van der Waals surface area contributed by atoms with Gasteiger partial charge in [0, 0.05) is 10.7 Å². The fourth-order valence-corrected chi connectivity index (χ4v) is 2.71. The molecular formula is C13H17ClN2O. The number of carbonyl (C=O) groups excluding carboxylic acids is 1. The van der Waals surface area contributed by atoms with Crippen LogP contribution in [0.5, 0.6) is 0 Å². The Kier molecular flexibility index (Phi) is 3.29. The third-order valence-corrected chi connectivity index (χ3v) is 3.95. The van der Waals surface area contributed by atoms with E-state index in [4.69, 9.17) is 17.3 Å². The Labute approximate surface area is 106 Å². The van der Waals surface area contributed by atoms with E-state index < -0.39 is 5.54 Å². The molecule has 0 bridgehead atoms. The van der Waals surface area contributed by atoms with Crippen molar-refractivity contribution in [1.29, 1.82) is 0 Å². The van der Waals surface area contributed by atoms with Gasteiger partial charge in [-0.15, -0.1) is 0 Å². The fourth-order valence-electron chi connectivity index (χ4n) is 2.58. The Hall–Kier alpha value is -1.22. The first-order valence-corrected chi connectivity index (χ1v) is 6.26. The number of nitrogens with two attached hydrogens (primary N) is 1. The molecule has 0 spiro atoms. The molecule has 1 saturated carbocycles. The molecule has 3 nitrogen and oxygen atoms in total. The Bertz CT molecular complexity index is 418. The smallest absolute Gasteiger partial charge is 0.243 e. The molecule has 2 atom stereocenters. The lowest BCUT2D eigenvalue weighted by molar-refractivity contribution is -0.123. The standard InChI is InChI=1S/C13H17ClN2O/c1-9-3-2-8-13(9,12(15)17)16-11-6-4-10(14)5-7-11/h4-7,9,16H,2-3,8H2,1H3,(H2,15,17). The molecule has 17 heavy (non-hydrogen) atoms. The number of anilines is 1. The van der Waals surface area contributed by atoms with Gasteiger partial charge in [-0.2, -0.15) is 0 Å². The van der Waals surface area contributed by atoms with Crippen LogP contribution in [0.15, 0.2) is 24.3 Å². The van der Waals surface area contributed by atoms with Crippen molar-refractivity contribution in [3.8, 4) is 0 Å². The summed E-state index contributed by atoms with van der Waals surface area (Å²) >= 11 is 5.83. The second-order valence-corrected chi connectivity index (χ2v) is 5.20. The molecule has 1 aromatic carbocycles. The lowest BCUT2D eigenvalue weighted by Gasteiger charge is -2.32. The van der Waals surface area contributed by atoms with Gasteiger partial charge in [0.15, 0.2) is 0 Å². The zero-order valence-corrected chi connectivity index (χ0v) is 10.6. The number of hydrogen-bond acceptors (Lipinski definition) is 2. The van der Waals surface area contributed by atoms with E-state index in [9.17, 15) is 4.79 Å². The van der Waals surface area contributed by atoms with Crippen LogP contribution in [-0.2, 0) is 4.79 Å². The Balaban J connectivity index is 2.24. The van der Waals surface area contributed by atoms with Crippen molar-refractivity contribution in [3.05, 3.63) is 29.3 Å². The lowest BCUT2D eigenvalue weighted by atomic mass is 9.87. The summed E-state index contributed by atoms with van der Waals surface area (Å²) in [5.41, 5.74) is 5.86. The minimum Gasteiger partial charge on any atom is -0.371 e. The van der Waals surface area contributed by atoms with Crippen molar-refractivity contribution in [2.75, 3.05) is 5.32 Å². The molecular weight excluding hydrogens is 236 g/mol. The quantitative estimate of drug-likeness (QED) is 0.869. The van der Waals surface area contributed by atoms with Crippen molar-refractivity contribution >= 4 is 23.2 Å². The average molecular weight is 253 g/mol. The summed E-state index contributed by atoms with van der Waals surface area (Å²) in [4.78, 5) is 11.7. The number of nitrogens with one attached hydrogen (secondary N) is 1. The summed E-state index contributed by atoms with van der Waals surface area (Å²) in [6.45, 7) is 2.07. The van der Waals surface area contributed by atoms with Crippen molar-refractivity contribution in [2.24, 2.45) is 11.7 Å². The van der Waals surface area contributed by atoms with Crippen LogP contribution in [-0.4, -0.2) is 11.4 Å². The first-order valence-electron chi connectivity index (χ1n) is 5.88. The molecule has 1 fully saturated rings. The highest BCUT2D eigenvalue weighted by molar-refractivity contribution is 6.30. The first kappa shape index (κ1) is 12.2. The van der Waals surface area contributed by atoms with E-state index in [-0.39, 0.29) is 11.8 Å². The van der Waals surface area contributed by atoms with Gasteiger partial charge < -0.3 is 11.1 Å². The molecule has 4 heteroatoms. The van der Waals surface area contributed by atoms with Crippen LogP contribution in [0, 0.1) is 5.92 Å². The van der Waals surface area contributed by atoms with E-state index >= 15 is 0 Å². The number of rotatable bonds is 3. The Morgan fingerprint density at radius 2 is 2.12 bits per heavy atom. The summed E-state index contributed by atoms with van der Waals surface area (Å²) in [6.07, 6.45) is 2.86. The van der Waals surface area contributed by atoms with Gasteiger partial charge in [-0.05, 0) is 43.0 Å². The van der Waals surface area contributed by atoms with E-state index in [1.807, 2.05) is 12.1 Å². The molecule has 2 unspecified atom stereocenters. The molecule has 92 valence electrons. The van der Waals surface area contributed by atoms with Crippen LogP contribution in [0.2, 0.25) is 5.02 Å². The Morgan fingerprint density at radius 1 is 1.47 bits per heavy atom. The molecule has 0 saturated heterocycles. The predicted octanol–water partition coefficient (Wildman–Crippen LogP) is 2.80. The van der Waals surface area contributed by atoms with Crippen molar-refractivity contribution in [2.45, 2.75) is 31.7 Å². The number of hydrogen-bond donors (Lipinski definition) is 2. The number of benzene rings is 1. The van der Waals surface area contributed by atoms with E-state index in [1.165, 1.54) is 0 Å². The highest BCUT2D eigenvalue weighted by Gasteiger charge is 2.45. The Morgan fingerprint density at radius 3 is 2.59 bits per heavy atom. The van der Waals surface area contributed by atoms with Gasteiger partial charge in [-0.3, -0.25) is 4.79 Å². The van der Waals surface area contributed by atoms with Gasteiger partial charge in [0.05, 0.1) is 0 Å². The minimum atomic E-state index is -0.603. The number of primary amides is 1. The van der Waals surface area contributed by atoms with Crippen molar-refractivity contribution in [1.82, 2.24) is 0 Å². The number of halogens is 1. The maximum atomic E-state index is 11.7. The molecule has 1 aliphatic rings. The summed E-state index contributed by atoms with van der Waals surface area (Å²) in [5, 5.41) is 3.98. The second kappa shape index (κ2) is 4.57. The third-order valence-electron chi connectivity index (χ3n) is 3.70. The van der Waals surface area contributed by atoms with Crippen LogP contribution in [0.3, 0.4) is 0 Å². The molecule has 0 heterocycles. The zero-order valence-electron chi connectivity index (χ0n) is 9.87. The maximum Gasteiger partial charge on any atom is 0.243 e. The van der Waals surface area contributed by atoms with E-state index in [1.54, 1.807) is 12.1 Å². The van der Waals surface area contributed by atoms with Gasteiger partial charge in [-0.25, -0.2) is 0 Å². The molecule has 0 aromatic heterocycles. The van der Waals surface area contributed by atoms with Crippen molar-refractivity contribution in [3.63, 3.8) is 0 Å². The van der Waals surface area contributed by atoms with Gasteiger partial charge >= 0.3 is 0 Å². The fraction of sp³-hybridized carbons (Fsp3) is 0.462. The highest BCUT2D eigenvalue weighted by atomic mass is 35.5. The highest BCUT2D eigenvalue weighted by Crippen LogP contribution is 2.38. The van der Waals surface area contributed by atoms with Crippen molar-refractivity contribution < 1.29 is 4.79 Å². The maximum absolute atomic E-state index is 11.7. The summed E-state index contributed by atoms with van der Waals surface area (Å²) in [5.74, 6) is -0.00636. The molecule has 1 amide bonds. The number of carbonyl (C=O) groups is 1. The summed E-state index contributed by atoms with van der Waals surface area (Å²) < 4.78 is 0. The second-order valence-electron chi connectivity index (χ2n) is 4.76. The molecule has 0 radical (unpaired) electrons.